The van der Waals surface area contributed by atoms with Gasteiger partial charge >= 0.3 is 46.9 Å². The molecule has 0 atom stereocenters. The van der Waals surface area contributed by atoms with E-state index in [1.165, 1.54) is 0 Å². The number of rotatable bonds is 0. The average Bonchev–Trinajstić information content (AvgIpc) is 0.722. The number of hydrogen-bond donors (Lipinski definition) is 0. The predicted molar refractivity (Wildman–Crippen MR) is 18.2 cm³/mol. The summed E-state index contributed by atoms with van der Waals surface area (Å²) in [5, 5.41) is 0. The van der Waals surface area contributed by atoms with Gasteiger partial charge in [0.25, 0.3) is 0 Å². The van der Waals surface area contributed by atoms with E-state index in [9.17, 15) is 0 Å². The average molecular weight is 163 g/mol. The Morgan fingerprint density at radius 2 is 1.12 bits per heavy atom. The maximum Gasteiger partial charge on any atom is 3.00 e. The maximum atomic E-state index is 8.52. The summed E-state index contributed by atoms with van der Waals surface area (Å²) in [5.74, 6) is 0. The topological polar surface area (TPSA) is 110 Å². The van der Waals surface area contributed by atoms with Crippen LogP contribution in [0.25, 0.3) is 0 Å². The zero-order valence-corrected chi connectivity index (χ0v) is 8.04. The largest absolute Gasteiger partial charge is 3.00 e. The van der Waals surface area contributed by atoms with E-state index in [1.54, 1.807) is 0 Å². The van der Waals surface area contributed by atoms with Gasteiger partial charge in [0, 0.05) is 10.4 Å². The molecule has 0 heterocycles. The molecule has 0 aromatic rings. The summed E-state index contributed by atoms with van der Waals surface area (Å²) in [5.41, 5.74) is 0. The Balaban J connectivity index is -0.0000000267. The van der Waals surface area contributed by atoms with Crippen molar-refractivity contribution < 1.29 is 52.6 Å². The Morgan fingerprint density at radius 1 is 1.12 bits per heavy atom. The minimum atomic E-state index is -5.17. The molecule has 0 saturated carbocycles. The molecule has 0 aromatic heterocycles. The van der Waals surface area contributed by atoms with E-state index in [1.807, 2.05) is 0 Å². The van der Waals surface area contributed by atoms with Crippen LogP contribution in [-0.2, 0) is 10.4 Å². The molecule has 0 aromatic carbocycles. The molecular formula is HAlNaO5S+. The van der Waals surface area contributed by atoms with Gasteiger partial charge in [0.2, 0.25) is 0 Å². The quantitative estimate of drug-likeness (QED) is 0.202. The third kappa shape index (κ3) is 161. The minimum absolute atomic E-state index is 0. The smallest absolute Gasteiger partial charge is 0.870 e. The van der Waals surface area contributed by atoms with E-state index in [0.29, 0.717) is 0 Å². The third-order valence-electron chi connectivity index (χ3n) is 0. The van der Waals surface area contributed by atoms with Crippen LogP contribution >= 0.6 is 0 Å². The first-order valence-electron chi connectivity index (χ1n) is 0.667. The third-order valence-corrected chi connectivity index (χ3v) is 0. The fourth-order valence-corrected chi connectivity index (χ4v) is 0. The van der Waals surface area contributed by atoms with Gasteiger partial charge in [-0.1, -0.05) is 0 Å². The van der Waals surface area contributed by atoms with E-state index in [4.69, 9.17) is 17.5 Å². The van der Waals surface area contributed by atoms with Crippen LogP contribution in [0.5, 0.6) is 0 Å². The normalized spacial score (nSPS) is 7.25. The summed E-state index contributed by atoms with van der Waals surface area (Å²) in [6.45, 7) is 0. The van der Waals surface area contributed by atoms with Crippen LogP contribution in [0.2, 0.25) is 0 Å². The molecule has 0 aliphatic carbocycles. The molecule has 0 unspecified atom stereocenters. The van der Waals surface area contributed by atoms with Crippen LogP contribution in [0.1, 0.15) is 0 Å². The Hall–Kier alpha value is 1.36. The van der Waals surface area contributed by atoms with E-state index in [-0.39, 0.29) is 52.4 Å². The molecule has 0 spiro atoms. The van der Waals surface area contributed by atoms with Gasteiger partial charge in [-0.15, -0.1) is 0 Å². The van der Waals surface area contributed by atoms with Crippen LogP contribution in [0.3, 0.4) is 0 Å². The van der Waals surface area contributed by atoms with Gasteiger partial charge in [-0.2, -0.15) is 0 Å². The number of hydrogen-bond acceptors (Lipinski definition) is 5. The van der Waals surface area contributed by atoms with Gasteiger partial charge in [0.15, 0.2) is 0 Å². The van der Waals surface area contributed by atoms with Crippen LogP contribution in [-0.4, -0.2) is 40.4 Å². The zero-order chi connectivity index (χ0) is 4.50. The molecule has 5 nitrogen and oxygen atoms in total. The van der Waals surface area contributed by atoms with E-state index >= 15 is 0 Å². The van der Waals surface area contributed by atoms with Crippen LogP contribution in [0.4, 0.5) is 0 Å². The molecule has 0 aliphatic heterocycles. The fraction of sp³-hybridized carbons (Fsp3) is 0. The Bertz CT molecular complexity index is 95.6. The first kappa shape index (κ1) is 22.8. The first-order chi connectivity index (χ1) is 2.00. The van der Waals surface area contributed by atoms with Gasteiger partial charge in [-0.3, -0.25) is 8.42 Å². The van der Waals surface area contributed by atoms with Crippen LogP contribution in [0.15, 0.2) is 0 Å². The van der Waals surface area contributed by atoms with Crippen molar-refractivity contribution in [1.82, 2.24) is 0 Å². The minimum Gasteiger partial charge on any atom is -0.870 e. The molecule has 0 saturated heterocycles. The summed E-state index contributed by atoms with van der Waals surface area (Å²) < 4.78 is 34.1. The second kappa shape index (κ2) is 8.36. The van der Waals surface area contributed by atoms with Gasteiger partial charge in [-0.25, -0.2) is 0 Å². The van der Waals surface area contributed by atoms with Crippen LogP contribution < -0.4 is 29.6 Å². The molecule has 8 heteroatoms. The molecular weight excluding hydrogens is 162 g/mol. The molecule has 0 aliphatic rings. The molecule has 0 amide bonds. The Morgan fingerprint density at radius 3 is 1.12 bits per heavy atom. The van der Waals surface area contributed by atoms with Crippen molar-refractivity contribution in [2.24, 2.45) is 0 Å². The molecule has 0 radical (unpaired) electrons. The van der Waals surface area contributed by atoms with E-state index in [0.717, 1.165) is 0 Å². The van der Waals surface area contributed by atoms with E-state index < -0.39 is 10.4 Å². The molecule has 0 bridgehead atoms. The molecule has 1 N–H and O–H groups in total. The molecule has 0 rings (SSSR count). The van der Waals surface area contributed by atoms with Crippen LogP contribution in [0, 0.1) is 0 Å². The van der Waals surface area contributed by atoms with Crippen molar-refractivity contribution in [3.8, 4) is 0 Å². The molecule has 40 valence electrons. The van der Waals surface area contributed by atoms with Crippen molar-refractivity contribution in [3.05, 3.63) is 0 Å². The Kier molecular flexibility index (Phi) is 23.8. The monoisotopic (exact) mass is 163 g/mol. The standard InChI is InChI=1S/Al.Na.H2O4S.H2O/c;;1-5(2,3)4;/h;;(H2,1,2,3,4);1H2/q+3;+1;;/p-3. The SMILES string of the molecule is O=S(=O)([O-])[O-].[Al+3].[Na+].[OH-]. The zero-order valence-electron chi connectivity index (χ0n) is 4.07. The predicted octanol–water partition coefficient (Wildman–Crippen LogP) is -4.89. The maximum absolute atomic E-state index is 8.52. The fourth-order valence-electron chi connectivity index (χ4n) is 0. The Labute approximate surface area is 79.8 Å². The van der Waals surface area contributed by atoms with Crippen molar-refractivity contribution in [3.63, 3.8) is 0 Å². The summed E-state index contributed by atoms with van der Waals surface area (Å²) in [4.78, 5) is 0. The molecule has 0 fully saturated rings. The summed E-state index contributed by atoms with van der Waals surface area (Å²) in [6.07, 6.45) is 0. The first-order valence-corrected chi connectivity index (χ1v) is 2.00. The summed E-state index contributed by atoms with van der Waals surface area (Å²) in [7, 11) is -5.17. The van der Waals surface area contributed by atoms with E-state index in [2.05, 4.69) is 0 Å². The van der Waals surface area contributed by atoms with Crippen molar-refractivity contribution in [2.45, 2.75) is 0 Å². The summed E-state index contributed by atoms with van der Waals surface area (Å²) >= 11 is 0. The second-order valence-electron chi connectivity index (χ2n) is 0.408. The van der Waals surface area contributed by atoms with Crippen molar-refractivity contribution in [2.75, 3.05) is 0 Å². The van der Waals surface area contributed by atoms with Crippen molar-refractivity contribution in [1.29, 1.82) is 0 Å². The second-order valence-corrected chi connectivity index (χ2v) is 1.22. The van der Waals surface area contributed by atoms with Gasteiger partial charge < -0.3 is 14.6 Å². The van der Waals surface area contributed by atoms with Gasteiger partial charge in [0.1, 0.15) is 0 Å². The van der Waals surface area contributed by atoms with Gasteiger partial charge in [0.05, 0.1) is 0 Å². The van der Waals surface area contributed by atoms with Crippen molar-refractivity contribution >= 4 is 27.8 Å². The van der Waals surface area contributed by atoms with Gasteiger partial charge in [-0.05, 0) is 0 Å². The summed E-state index contributed by atoms with van der Waals surface area (Å²) in [6, 6.07) is 0. The molecule has 8 heavy (non-hydrogen) atoms.